The van der Waals surface area contributed by atoms with Crippen LogP contribution < -0.4 is 0 Å². The van der Waals surface area contributed by atoms with Gasteiger partial charge in [-0.25, -0.2) is 0 Å². The Kier molecular flexibility index (Phi) is 7.12. The molecular weight excluding hydrogens is 365 g/mol. The number of hydrogen-bond acceptors (Lipinski definition) is 0. The van der Waals surface area contributed by atoms with Crippen molar-refractivity contribution in [2.45, 2.75) is 32.3 Å². The molecule has 0 aliphatic heterocycles. The summed E-state index contributed by atoms with van der Waals surface area (Å²) in [6, 6.07) is 0. The Bertz CT molecular complexity index is 109. The van der Waals surface area contributed by atoms with Crippen LogP contribution in [0.3, 0.4) is 0 Å². The first-order valence-corrected chi connectivity index (χ1v) is 5.93. The Labute approximate surface area is 118 Å². The molecular formula is C6H7BrCl6. The zero-order valence-electron chi connectivity index (χ0n) is 6.14. The van der Waals surface area contributed by atoms with Crippen molar-refractivity contribution in [2.75, 3.05) is 0 Å². The minimum atomic E-state index is -0.437. The normalized spacial score (nSPS) is 51.2. The molecule has 0 heterocycles. The molecule has 0 amide bonds. The first kappa shape index (κ1) is 15.2. The van der Waals surface area contributed by atoms with Crippen LogP contribution in [0, 0.1) is 0 Å². The number of alkyl halides is 6. The molecule has 13 heavy (non-hydrogen) atoms. The molecule has 80 valence electrons. The van der Waals surface area contributed by atoms with Gasteiger partial charge in [-0.05, 0) is 0 Å². The van der Waals surface area contributed by atoms with Gasteiger partial charge in [0.2, 0.25) is 0 Å². The molecule has 0 nitrogen and oxygen atoms in total. The van der Waals surface area contributed by atoms with Crippen LogP contribution in [0.25, 0.3) is 0 Å². The Hall–Kier alpha value is 2.22. The van der Waals surface area contributed by atoms with Gasteiger partial charge in [0.05, 0.1) is 32.3 Å². The highest BCUT2D eigenvalue weighted by Gasteiger charge is 2.46. The van der Waals surface area contributed by atoms with Crippen molar-refractivity contribution in [2.24, 2.45) is 0 Å². The first-order chi connectivity index (χ1) is 5.46. The monoisotopic (exact) mass is 368 g/mol. The van der Waals surface area contributed by atoms with Gasteiger partial charge >= 0.3 is 0 Å². The Morgan fingerprint density at radius 1 is 0.385 bits per heavy atom. The molecule has 0 aromatic rings. The fourth-order valence-corrected chi connectivity index (χ4v) is 3.38. The van der Waals surface area contributed by atoms with Crippen molar-refractivity contribution in [1.82, 2.24) is 0 Å². The van der Waals surface area contributed by atoms with Gasteiger partial charge < -0.3 is 0 Å². The third-order valence-corrected chi connectivity index (χ3v) is 5.86. The van der Waals surface area contributed by atoms with E-state index in [0.29, 0.717) is 0 Å². The van der Waals surface area contributed by atoms with Gasteiger partial charge in [-0.1, -0.05) is 0 Å². The zero-order chi connectivity index (χ0) is 9.46. The second-order valence-electron chi connectivity index (χ2n) is 2.67. The molecule has 1 aliphatic carbocycles. The molecule has 0 atom stereocenters. The summed E-state index contributed by atoms with van der Waals surface area (Å²) >= 11 is 35.3. The zero-order valence-corrected chi connectivity index (χ0v) is 12.4. The molecule has 1 saturated carbocycles. The molecule has 0 aromatic heterocycles. The van der Waals surface area contributed by atoms with Gasteiger partial charge in [-0.3, -0.25) is 0 Å². The molecule has 0 N–H and O–H groups in total. The number of hydrogen-bond donors (Lipinski definition) is 0. The van der Waals surface area contributed by atoms with Crippen LogP contribution in [0.2, 0.25) is 0 Å². The van der Waals surface area contributed by atoms with E-state index in [1.54, 1.807) is 0 Å². The van der Waals surface area contributed by atoms with Crippen LogP contribution in [0.5, 0.6) is 0 Å². The maximum Gasteiger partial charge on any atom is 0.0693 e. The smallest absolute Gasteiger partial charge is 0.0693 e. The van der Waals surface area contributed by atoms with Crippen LogP contribution >= 0.6 is 86.6 Å². The van der Waals surface area contributed by atoms with E-state index in [1.165, 1.54) is 0 Å². The van der Waals surface area contributed by atoms with E-state index in [9.17, 15) is 0 Å². The number of rotatable bonds is 0. The third kappa shape index (κ3) is 3.09. The lowest BCUT2D eigenvalue weighted by Crippen LogP contribution is -2.52. The molecule has 7 heteroatoms. The van der Waals surface area contributed by atoms with E-state index in [-0.39, 0.29) is 17.0 Å². The molecule has 1 rings (SSSR count). The minimum Gasteiger partial charge on any atom is -0.120 e. The van der Waals surface area contributed by atoms with Crippen LogP contribution in [0.15, 0.2) is 0 Å². The molecule has 1 aliphatic rings. The number of halogens is 7. The highest BCUT2D eigenvalue weighted by molar-refractivity contribution is 8.93. The van der Waals surface area contributed by atoms with Crippen molar-refractivity contribution in [3.05, 3.63) is 0 Å². The van der Waals surface area contributed by atoms with Crippen molar-refractivity contribution < 1.29 is 0 Å². The predicted molar refractivity (Wildman–Crippen MR) is 68.2 cm³/mol. The molecule has 0 bridgehead atoms. The van der Waals surface area contributed by atoms with Crippen LogP contribution in [-0.4, -0.2) is 32.3 Å². The quantitative estimate of drug-likeness (QED) is 0.559. The first-order valence-electron chi connectivity index (χ1n) is 3.31. The molecule has 1 fully saturated rings. The standard InChI is InChI=1S/C6H6Cl6.BrH/c7-1-2(8)4(10)6(12)5(11)3(1)9;/h1-6H;1H/t1-,2-,3-,4+,5+,6+;. The summed E-state index contributed by atoms with van der Waals surface area (Å²) in [5, 5.41) is -2.62. The lowest BCUT2D eigenvalue weighted by Gasteiger charge is -2.37. The lowest BCUT2D eigenvalue weighted by atomic mass is 9.97. The van der Waals surface area contributed by atoms with Gasteiger partial charge in [0.15, 0.2) is 0 Å². The van der Waals surface area contributed by atoms with E-state index in [4.69, 9.17) is 69.6 Å². The third-order valence-electron chi connectivity index (χ3n) is 1.83. The van der Waals surface area contributed by atoms with E-state index in [2.05, 4.69) is 0 Å². The van der Waals surface area contributed by atoms with Gasteiger partial charge in [-0.15, -0.1) is 86.6 Å². The summed E-state index contributed by atoms with van der Waals surface area (Å²) in [6.07, 6.45) is 0. The van der Waals surface area contributed by atoms with Gasteiger partial charge in [-0.2, -0.15) is 0 Å². The predicted octanol–water partition coefficient (Wildman–Crippen LogP) is 4.22. The fraction of sp³-hybridized carbons (Fsp3) is 1.00. The van der Waals surface area contributed by atoms with Crippen molar-refractivity contribution in [3.8, 4) is 0 Å². The summed E-state index contributed by atoms with van der Waals surface area (Å²) in [5.74, 6) is 0. The van der Waals surface area contributed by atoms with E-state index >= 15 is 0 Å². The highest BCUT2D eigenvalue weighted by atomic mass is 79.9. The van der Waals surface area contributed by atoms with Gasteiger partial charge in [0, 0.05) is 0 Å². The van der Waals surface area contributed by atoms with Crippen LogP contribution in [-0.2, 0) is 0 Å². The van der Waals surface area contributed by atoms with Gasteiger partial charge in [0.25, 0.3) is 0 Å². The average molecular weight is 372 g/mol. The van der Waals surface area contributed by atoms with Crippen molar-refractivity contribution >= 4 is 86.6 Å². The van der Waals surface area contributed by atoms with Crippen molar-refractivity contribution in [3.63, 3.8) is 0 Å². The fourth-order valence-electron chi connectivity index (χ4n) is 1.05. The maximum absolute atomic E-state index is 5.88. The van der Waals surface area contributed by atoms with Crippen LogP contribution in [0.1, 0.15) is 0 Å². The van der Waals surface area contributed by atoms with E-state index < -0.39 is 32.3 Å². The molecule has 0 saturated heterocycles. The summed E-state index contributed by atoms with van der Waals surface area (Å²) < 4.78 is 0. The highest BCUT2D eigenvalue weighted by Crippen LogP contribution is 2.39. The molecule has 0 spiro atoms. The Morgan fingerprint density at radius 2 is 0.462 bits per heavy atom. The maximum atomic E-state index is 5.88. The minimum absolute atomic E-state index is 0. The van der Waals surface area contributed by atoms with Crippen molar-refractivity contribution in [1.29, 1.82) is 0 Å². The average Bonchev–Trinajstić information content (AvgIpc) is 2.08. The van der Waals surface area contributed by atoms with E-state index in [1.807, 2.05) is 0 Å². The molecule has 0 aromatic carbocycles. The second-order valence-corrected chi connectivity index (χ2v) is 5.69. The van der Waals surface area contributed by atoms with Crippen LogP contribution in [0.4, 0.5) is 0 Å². The molecule has 0 radical (unpaired) electrons. The topological polar surface area (TPSA) is 0 Å². The molecule has 0 unspecified atom stereocenters. The van der Waals surface area contributed by atoms with E-state index in [0.717, 1.165) is 0 Å². The summed E-state index contributed by atoms with van der Waals surface area (Å²) in [4.78, 5) is 0. The summed E-state index contributed by atoms with van der Waals surface area (Å²) in [5.41, 5.74) is 0. The Morgan fingerprint density at radius 3 is 0.538 bits per heavy atom. The summed E-state index contributed by atoms with van der Waals surface area (Å²) in [6.45, 7) is 0. The summed E-state index contributed by atoms with van der Waals surface area (Å²) in [7, 11) is 0. The van der Waals surface area contributed by atoms with Gasteiger partial charge in [0.1, 0.15) is 0 Å². The SMILES string of the molecule is Br.Cl[C@H]1[C@H](Cl)[C@@H](Cl)[C@@H](Cl)[C@H](Cl)[C@H]1Cl. The second kappa shape index (κ2) is 6.08. The Balaban J connectivity index is 0.00000144. The lowest BCUT2D eigenvalue weighted by molar-refractivity contribution is 0.544. The largest absolute Gasteiger partial charge is 0.120 e.